The SMILES string of the molecule is O=C([C@H]1Cc2cc([N+](=O)[O-])ccc2N2CCN(c3ccccn3)C[C@H]12)N1CCSCC1. The molecule has 31 heavy (non-hydrogen) atoms. The van der Waals surface area contributed by atoms with E-state index in [0.717, 1.165) is 54.8 Å². The van der Waals surface area contributed by atoms with Gasteiger partial charge in [-0.05, 0) is 30.2 Å². The number of hydrogen-bond acceptors (Lipinski definition) is 7. The quantitative estimate of drug-likeness (QED) is 0.537. The summed E-state index contributed by atoms with van der Waals surface area (Å²) in [6, 6.07) is 11.0. The standard InChI is InChI=1S/C22H25N5O3S/c28-22(24-9-11-31-12-10-24)18-14-16-13-17(27(29)30)4-5-19(16)26-8-7-25(15-20(18)26)21-3-1-2-6-23-21/h1-6,13,18,20H,7-12,14-15H2/t18-,20+/m0/s1. The van der Waals surface area contributed by atoms with E-state index in [2.05, 4.69) is 14.8 Å². The number of nitrogens with zero attached hydrogens (tertiary/aromatic N) is 5. The molecule has 3 aliphatic heterocycles. The summed E-state index contributed by atoms with van der Waals surface area (Å²) in [4.78, 5) is 35.6. The number of aromatic nitrogens is 1. The molecule has 9 heteroatoms. The zero-order valence-electron chi connectivity index (χ0n) is 17.2. The third-order valence-electron chi connectivity index (χ3n) is 6.52. The topological polar surface area (TPSA) is 82.8 Å². The molecule has 1 aromatic heterocycles. The molecule has 4 heterocycles. The lowest BCUT2D eigenvalue weighted by Gasteiger charge is -2.50. The van der Waals surface area contributed by atoms with Gasteiger partial charge in [-0.25, -0.2) is 4.98 Å². The molecule has 1 aromatic carbocycles. The monoisotopic (exact) mass is 439 g/mol. The number of thioether (sulfide) groups is 1. The molecule has 1 amide bonds. The van der Waals surface area contributed by atoms with Gasteiger partial charge in [0.15, 0.2) is 0 Å². The number of pyridine rings is 1. The lowest BCUT2D eigenvalue weighted by Crippen LogP contribution is -2.62. The predicted molar refractivity (Wildman–Crippen MR) is 122 cm³/mol. The van der Waals surface area contributed by atoms with Gasteiger partial charge in [-0.2, -0.15) is 11.8 Å². The smallest absolute Gasteiger partial charge is 0.269 e. The van der Waals surface area contributed by atoms with Gasteiger partial charge in [0.25, 0.3) is 5.69 Å². The summed E-state index contributed by atoms with van der Waals surface area (Å²) >= 11 is 1.88. The molecule has 2 aromatic rings. The van der Waals surface area contributed by atoms with Crippen molar-refractivity contribution in [3.05, 3.63) is 58.3 Å². The van der Waals surface area contributed by atoms with E-state index >= 15 is 0 Å². The van der Waals surface area contributed by atoms with Crippen LogP contribution in [0.1, 0.15) is 5.56 Å². The second kappa shape index (κ2) is 8.37. The average Bonchev–Trinajstić information content (AvgIpc) is 2.83. The molecule has 5 rings (SSSR count). The number of carbonyl (C=O) groups excluding carboxylic acids is 1. The zero-order valence-corrected chi connectivity index (χ0v) is 18.0. The van der Waals surface area contributed by atoms with E-state index in [-0.39, 0.29) is 28.5 Å². The number of benzene rings is 1. The fraction of sp³-hybridized carbons (Fsp3) is 0.455. The number of carbonyl (C=O) groups is 1. The van der Waals surface area contributed by atoms with Crippen molar-refractivity contribution in [2.75, 3.05) is 54.0 Å². The lowest BCUT2D eigenvalue weighted by molar-refractivity contribution is -0.384. The maximum atomic E-state index is 13.6. The van der Waals surface area contributed by atoms with Crippen molar-refractivity contribution in [2.45, 2.75) is 12.5 Å². The highest BCUT2D eigenvalue weighted by molar-refractivity contribution is 7.99. The van der Waals surface area contributed by atoms with Crippen LogP contribution in [0.25, 0.3) is 0 Å². The molecule has 2 atom stereocenters. The van der Waals surface area contributed by atoms with Crippen LogP contribution in [0, 0.1) is 16.0 Å². The maximum Gasteiger partial charge on any atom is 0.269 e. The first-order valence-electron chi connectivity index (χ1n) is 10.7. The minimum atomic E-state index is -0.357. The first kappa shape index (κ1) is 20.1. The molecule has 0 radical (unpaired) electrons. The van der Waals surface area contributed by atoms with Gasteiger partial charge >= 0.3 is 0 Å². The Morgan fingerprint density at radius 1 is 1.13 bits per heavy atom. The van der Waals surface area contributed by atoms with Crippen LogP contribution >= 0.6 is 11.8 Å². The van der Waals surface area contributed by atoms with E-state index in [4.69, 9.17) is 0 Å². The van der Waals surface area contributed by atoms with E-state index in [0.29, 0.717) is 13.0 Å². The summed E-state index contributed by atoms with van der Waals surface area (Å²) in [5.41, 5.74) is 2.01. The fourth-order valence-corrected chi connectivity index (χ4v) is 5.88. The largest absolute Gasteiger partial charge is 0.364 e. The Morgan fingerprint density at radius 3 is 2.71 bits per heavy atom. The number of fused-ring (bicyclic) bond motifs is 3. The third kappa shape index (κ3) is 3.82. The molecule has 2 fully saturated rings. The summed E-state index contributed by atoms with van der Waals surface area (Å²) in [7, 11) is 0. The van der Waals surface area contributed by atoms with Gasteiger partial charge in [0, 0.05) is 68.2 Å². The van der Waals surface area contributed by atoms with Gasteiger partial charge in [0.1, 0.15) is 5.82 Å². The molecule has 8 nitrogen and oxygen atoms in total. The molecular weight excluding hydrogens is 414 g/mol. The minimum absolute atomic E-state index is 0.0202. The van der Waals surface area contributed by atoms with Gasteiger partial charge < -0.3 is 14.7 Å². The van der Waals surface area contributed by atoms with Crippen molar-refractivity contribution in [1.82, 2.24) is 9.88 Å². The van der Waals surface area contributed by atoms with Gasteiger partial charge in [-0.1, -0.05) is 6.07 Å². The van der Waals surface area contributed by atoms with Crippen LogP contribution < -0.4 is 9.80 Å². The summed E-state index contributed by atoms with van der Waals surface area (Å²) in [6.07, 6.45) is 2.34. The number of anilines is 2. The number of piperazine rings is 1. The maximum absolute atomic E-state index is 13.6. The highest BCUT2D eigenvalue weighted by Crippen LogP contribution is 2.39. The Labute approximate surface area is 185 Å². The average molecular weight is 440 g/mol. The number of hydrogen-bond donors (Lipinski definition) is 0. The minimum Gasteiger partial charge on any atom is -0.364 e. The summed E-state index contributed by atoms with van der Waals surface area (Å²) < 4.78 is 0. The Hall–Kier alpha value is -2.81. The molecule has 0 aliphatic carbocycles. The van der Waals surface area contributed by atoms with Crippen molar-refractivity contribution in [3.63, 3.8) is 0 Å². The number of nitro benzene ring substituents is 1. The molecular formula is C22H25N5O3S. The van der Waals surface area contributed by atoms with Crippen molar-refractivity contribution in [3.8, 4) is 0 Å². The summed E-state index contributed by atoms with van der Waals surface area (Å²) in [5.74, 6) is 2.82. The van der Waals surface area contributed by atoms with E-state index in [1.54, 1.807) is 18.3 Å². The molecule has 0 saturated carbocycles. The van der Waals surface area contributed by atoms with Crippen molar-refractivity contribution in [2.24, 2.45) is 5.92 Å². The number of nitro groups is 1. The third-order valence-corrected chi connectivity index (χ3v) is 7.46. The van der Waals surface area contributed by atoms with Crippen LogP contribution in [0.4, 0.5) is 17.2 Å². The second-order valence-corrected chi connectivity index (χ2v) is 9.44. The molecule has 0 bridgehead atoms. The Bertz CT molecular complexity index is 982. The van der Waals surface area contributed by atoms with Crippen LogP contribution in [0.5, 0.6) is 0 Å². The lowest BCUT2D eigenvalue weighted by atomic mass is 9.82. The number of amides is 1. The molecule has 0 N–H and O–H groups in total. The summed E-state index contributed by atoms with van der Waals surface area (Å²) in [6.45, 7) is 3.82. The molecule has 2 saturated heterocycles. The Balaban J connectivity index is 1.49. The van der Waals surface area contributed by atoms with Crippen molar-refractivity contribution < 1.29 is 9.72 Å². The first-order valence-corrected chi connectivity index (χ1v) is 11.8. The van der Waals surface area contributed by atoms with Crippen LogP contribution in [-0.4, -0.2) is 71.0 Å². The predicted octanol–water partition coefficient (Wildman–Crippen LogP) is 2.43. The zero-order chi connectivity index (χ0) is 21.4. The Kier molecular flexibility index (Phi) is 5.43. The van der Waals surface area contributed by atoms with Gasteiger partial charge in [-0.3, -0.25) is 14.9 Å². The van der Waals surface area contributed by atoms with Crippen molar-refractivity contribution >= 4 is 34.9 Å². The van der Waals surface area contributed by atoms with Crippen LogP contribution in [0.3, 0.4) is 0 Å². The second-order valence-electron chi connectivity index (χ2n) is 8.21. The molecule has 3 aliphatic rings. The highest BCUT2D eigenvalue weighted by Gasteiger charge is 2.43. The van der Waals surface area contributed by atoms with Crippen LogP contribution in [0.15, 0.2) is 42.6 Å². The van der Waals surface area contributed by atoms with E-state index in [1.165, 1.54) is 0 Å². The highest BCUT2D eigenvalue weighted by atomic mass is 32.2. The number of rotatable bonds is 3. The Morgan fingerprint density at radius 2 is 1.97 bits per heavy atom. The molecule has 0 spiro atoms. The van der Waals surface area contributed by atoms with Gasteiger partial charge in [0.05, 0.1) is 16.9 Å². The summed E-state index contributed by atoms with van der Waals surface area (Å²) in [5, 5.41) is 11.3. The van der Waals surface area contributed by atoms with Gasteiger partial charge in [-0.15, -0.1) is 0 Å². The van der Waals surface area contributed by atoms with Gasteiger partial charge in [0.2, 0.25) is 5.91 Å². The van der Waals surface area contributed by atoms with E-state index in [9.17, 15) is 14.9 Å². The first-order chi connectivity index (χ1) is 15.1. The van der Waals surface area contributed by atoms with Crippen molar-refractivity contribution in [1.29, 1.82) is 0 Å². The molecule has 162 valence electrons. The normalized spacial score (nSPS) is 23.2. The van der Waals surface area contributed by atoms with Crippen LogP contribution in [0.2, 0.25) is 0 Å². The number of non-ortho nitro benzene ring substituents is 1. The van der Waals surface area contributed by atoms with Crippen LogP contribution in [-0.2, 0) is 11.2 Å². The fourth-order valence-electron chi connectivity index (χ4n) is 4.97. The van der Waals surface area contributed by atoms with E-state index < -0.39 is 0 Å². The molecule has 0 unspecified atom stereocenters. The van der Waals surface area contributed by atoms with E-state index in [1.807, 2.05) is 40.9 Å².